The van der Waals surface area contributed by atoms with E-state index in [-0.39, 0.29) is 5.82 Å². The van der Waals surface area contributed by atoms with Crippen LogP contribution in [0.5, 0.6) is 11.5 Å². The fourth-order valence-corrected chi connectivity index (χ4v) is 2.74. The maximum absolute atomic E-state index is 13.6. The van der Waals surface area contributed by atoms with Gasteiger partial charge in [0.05, 0.1) is 20.5 Å². The summed E-state index contributed by atoms with van der Waals surface area (Å²) in [5.74, 6) is 1.31. The second-order valence-corrected chi connectivity index (χ2v) is 5.61. The van der Waals surface area contributed by atoms with Gasteiger partial charge in [-0.1, -0.05) is 12.1 Å². The van der Waals surface area contributed by atoms with Gasteiger partial charge in [0, 0.05) is 17.2 Å². The highest BCUT2D eigenvalue weighted by atomic mass is 19.1. The Morgan fingerprint density at radius 3 is 2.38 bits per heavy atom. The van der Waals surface area contributed by atoms with Crippen molar-refractivity contribution in [3.05, 3.63) is 54.6 Å². The Labute approximate surface area is 148 Å². The molecule has 2 heterocycles. The minimum absolute atomic E-state index is 0.349. The van der Waals surface area contributed by atoms with Crippen LogP contribution in [0.15, 0.2) is 48.8 Å². The van der Waals surface area contributed by atoms with Crippen LogP contribution in [0.1, 0.15) is 0 Å². The van der Waals surface area contributed by atoms with E-state index in [0.717, 1.165) is 5.56 Å². The van der Waals surface area contributed by atoms with Gasteiger partial charge in [-0.25, -0.2) is 19.3 Å². The highest BCUT2D eigenvalue weighted by molar-refractivity contribution is 5.89. The summed E-state index contributed by atoms with van der Waals surface area (Å²) in [7, 11) is 3.17. The number of fused-ring (bicyclic) bond motifs is 1. The molecule has 4 rings (SSSR count). The van der Waals surface area contributed by atoms with E-state index in [0.29, 0.717) is 39.7 Å². The van der Waals surface area contributed by atoms with Gasteiger partial charge < -0.3 is 14.5 Å². The predicted octanol–water partition coefficient (Wildman–Crippen LogP) is 3.84. The van der Waals surface area contributed by atoms with E-state index in [1.807, 2.05) is 12.1 Å². The zero-order valence-corrected chi connectivity index (χ0v) is 14.2. The van der Waals surface area contributed by atoms with Gasteiger partial charge in [0.15, 0.2) is 11.5 Å². The highest BCUT2D eigenvalue weighted by Gasteiger charge is 2.15. The quantitative estimate of drug-likeness (QED) is 0.605. The predicted molar refractivity (Wildman–Crippen MR) is 95.6 cm³/mol. The van der Waals surface area contributed by atoms with Gasteiger partial charge in [-0.2, -0.15) is 0 Å². The summed E-state index contributed by atoms with van der Waals surface area (Å²) in [5.41, 5.74) is 3.15. The lowest BCUT2D eigenvalue weighted by atomic mass is 10.1. The fraction of sp³-hybridized carbons (Fsp3) is 0.105. The average molecular weight is 350 g/mol. The van der Waals surface area contributed by atoms with Gasteiger partial charge >= 0.3 is 0 Å². The van der Waals surface area contributed by atoms with E-state index < -0.39 is 0 Å². The Kier molecular flexibility index (Phi) is 3.96. The van der Waals surface area contributed by atoms with E-state index in [9.17, 15) is 4.39 Å². The second kappa shape index (κ2) is 6.44. The number of aromatic amines is 1. The summed E-state index contributed by atoms with van der Waals surface area (Å²) < 4.78 is 24.3. The first-order valence-electron chi connectivity index (χ1n) is 7.88. The summed E-state index contributed by atoms with van der Waals surface area (Å²) >= 11 is 0. The molecule has 4 aromatic rings. The largest absolute Gasteiger partial charge is 0.497 e. The van der Waals surface area contributed by atoms with Crippen molar-refractivity contribution in [2.24, 2.45) is 0 Å². The molecule has 0 aliphatic heterocycles. The molecule has 6 nitrogen and oxygen atoms in total. The fourth-order valence-electron chi connectivity index (χ4n) is 2.74. The summed E-state index contributed by atoms with van der Waals surface area (Å²) in [6.45, 7) is 0. The molecule has 0 atom stereocenters. The first-order valence-corrected chi connectivity index (χ1v) is 7.88. The molecular formula is C19H15FN4O2. The van der Waals surface area contributed by atoms with Gasteiger partial charge in [-0.3, -0.25) is 0 Å². The van der Waals surface area contributed by atoms with E-state index in [4.69, 9.17) is 9.47 Å². The number of nitrogens with one attached hydrogen (secondary N) is 1. The molecule has 0 aliphatic rings. The molecule has 2 aromatic carbocycles. The third-order valence-electron chi connectivity index (χ3n) is 3.99. The molecule has 130 valence electrons. The van der Waals surface area contributed by atoms with E-state index in [1.54, 1.807) is 38.7 Å². The number of halogens is 1. The number of rotatable bonds is 4. The van der Waals surface area contributed by atoms with E-state index in [1.165, 1.54) is 12.1 Å². The minimum Gasteiger partial charge on any atom is -0.497 e. The lowest BCUT2D eigenvalue weighted by molar-refractivity contribution is 0.394. The summed E-state index contributed by atoms with van der Waals surface area (Å²) in [6, 6.07) is 11.6. The Hall–Kier alpha value is -3.48. The van der Waals surface area contributed by atoms with Crippen molar-refractivity contribution in [3.63, 3.8) is 0 Å². The van der Waals surface area contributed by atoms with Crippen molar-refractivity contribution in [1.29, 1.82) is 0 Å². The van der Waals surface area contributed by atoms with Gasteiger partial charge in [-0.15, -0.1) is 0 Å². The number of hydrogen-bond acceptors (Lipinski definition) is 5. The van der Waals surface area contributed by atoms with Crippen LogP contribution in [0.3, 0.4) is 0 Å². The van der Waals surface area contributed by atoms with Crippen LogP contribution in [-0.2, 0) is 0 Å². The zero-order chi connectivity index (χ0) is 18.1. The summed E-state index contributed by atoms with van der Waals surface area (Å²) in [4.78, 5) is 16.4. The van der Waals surface area contributed by atoms with Crippen molar-refractivity contribution in [3.8, 4) is 34.1 Å². The molecule has 26 heavy (non-hydrogen) atoms. The molecule has 7 heteroatoms. The number of benzene rings is 2. The maximum atomic E-state index is 13.6. The third-order valence-corrected chi connectivity index (χ3v) is 3.99. The Morgan fingerprint density at radius 2 is 1.69 bits per heavy atom. The molecule has 1 N–H and O–H groups in total. The lowest BCUT2D eigenvalue weighted by Crippen LogP contribution is -1.96. The van der Waals surface area contributed by atoms with Crippen LogP contribution in [0, 0.1) is 5.82 Å². The molecule has 0 unspecified atom stereocenters. The number of H-pyrrole nitrogens is 1. The Morgan fingerprint density at radius 1 is 0.923 bits per heavy atom. The van der Waals surface area contributed by atoms with Crippen LogP contribution in [-0.4, -0.2) is 34.2 Å². The van der Waals surface area contributed by atoms with Gasteiger partial charge in [0.1, 0.15) is 28.5 Å². The Bertz CT molecular complexity index is 1070. The molecule has 0 amide bonds. The van der Waals surface area contributed by atoms with Crippen LogP contribution in [0.2, 0.25) is 0 Å². The molecule has 0 saturated heterocycles. The molecule has 0 saturated carbocycles. The minimum atomic E-state index is -0.349. The normalized spacial score (nSPS) is 10.9. The number of methoxy groups -OCH3 is 2. The van der Waals surface area contributed by atoms with Crippen molar-refractivity contribution in [2.75, 3.05) is 14.2 Å². The molecule has 0 fully saturated rings. The molecule has 0 radical (unpaired) electrons. The molecule has 2 aromatic heterocycles. The van der Waals surface area contributed by atoms with Gasteiger partial charge in [0.2, 0.25) is 0 Å². The second-order valence-electron chi connectivity index (χ2n) is 5.61. The lowest BCUT2D eigenvalue weighted by Gasteiger charge is -2.10. The van der Waals surface area contributed by atoms with Crippen LogP contribution in [0.4, 0.5) is 4.39 Å². The van der Waals surface area contributed by atoms with E-state index in [2.05, 4.69) is 19.9 Å². The summed E-state index contributed by atoms with van der Waals surface area (Å²) in [6.07, 6.45) is 1.55. The number of nitrogens with zero attached hydrogens (tertiary/aromatic N) is 3. The van der Waals surface area contributed by atoms with Crippen LogP contribution >= 0.6 is 0 Å². The first kappa shape index (κ1) is 16.0. The average Bonchev–Trinajstić information content (AvgIpc) is 3.15. The zero-order valence-electron chi connectivity index (χ0n) is 14.2. The van der Waals surface area contributed by atoms with Crippen molar-refractivity contribution < 1.29 is 13.9 Å². The number of ether oxygens (including phenoxy) is 2. The third kappa shape index (κ3) is 2.83. The topological polar surface area (TPSA) is 72.9 Å². The van der Waals surface area contributed by atoms with Crippen molar-refractivity contribution in [2.45, 2.75) is 0 Å². The van der Waals surface area contributed by atoms with Crippen LogP contribution < -0.4 is 9.47 Å². The first-order chi connectivity index (χ1) is 12.7. The van der Waals surface area contributed by atoms with E-state index >= 15 is 0 Å². The van der Waals surface area contributed by atoms with Gasteiger partial charge in [-0.05, 0) is 24.3 Å². The SMILES string of the molecule is COc1cc(OC)cc(-c2nc(-c3cccc(F)c3)nc3nc[nH]c23)c1. The Balaban J connectivity index is 1.96. The number of hydrogen-bond donors (Lipinski definition) is 1. The highest BCUT2D eigenvalue weighted by Crippen LogP contribution is 2.33. The smallest absolute Gasteiger partial charge is 0.181 e. The molecular weight excluding hydrogens is 335 g/mol. The van der Waals surface area contributed by atoms with Gasteiger partial charge in [0.25, 0.3) is 0 Å². The monoisotopic (exact) mass is 350 g/mol. The van der Waals surface area contributed by atoms with Crippen LogP contribution in [0.25, 0.3) is 33.8 Å². The van der Waals surface area contributed by atoms with Crippen molar-refractivity contribution in [1.82, 2.24) is 19.9 Å². The number of aromatic nitrogens is 4. The standard InChI is InChI=1S/C19H15FN4O2/c1-25-14-7-12(8-15(9-14)26-2)16-17-19(22-10-21-17)24-18(23-16)11-4-3-5-13(20)6-11/h3-10H,1-2H3,(H,21,22,23,24). The maximum Gasteiger partial charge on any atom is 0.181 e. The van der Waals surface area contributed by atoms with Crippen molar-refractivity contribution >= 4 is 11.2 Å². The number of imidazole rings is 1. The molecule has 0 spiro atoms. The molecule has 0 bridgehead atoms. The summed E-state index contributed by atoms with van der Waals surface area (Å²) in [5, 5.41) is 0. The molecule has 0 aliphatic carbocycles.